The molecule has 0 saturated carbocycles. The fraction of sp³-hybridized carbons (Fsp3) is 0.292. The van der Waals surface area contributed by atoms with Crippen LogP contribution in [0.5, 0.6) is 0 Å². The van der Waals surface area contributed by atoms with E-state index in [9.17, 15) is 10.1 Å². The van der Waals surface area contributed by atoms with Crippen molar-refractivity contribution in [2.24, 2.45) is 5.92 Å². The zero-order valence-electron chi connectivity index (χ0n) is 16.8. The quantitative estimate of drug-likeness (QED) is 0.718. The summed E-state index contributed by atoms with van der Waals surface area (Å²) in [6, 6.07) is 16.2. The molecule has 1 aliphatic rings. The van der Waals surface area contributed by atoms with Crippen LogP contribution in [0.15, 0.2) is 48.7 Å². The molecule has 1 fully saturated rings. The lowest BCUT2D eigenvalue weighted by Gasteiger charge is -2.34. The summed E-state index contributed by atoms with van der Waals surface area (Å²) in [6.07, 6.45) is 3.17. The third-order valence-electron chi connectivity index (χ3n) is 5.69. The molecule has 5 nitrogen and oxygen atoms in total. The third kappa shape index (κ3) is 3.79. The predicted octanol–water partition coefficient (Wildman–Crippen LogP) is 4.58. The lowest BCUT2D eigenvalue weighted by atomic mass is 9.94. The zero-order valence-corrected chi connectivity index (χ0v) is 16.8. The largest absolute Gasteiger partial charge is 0.370 e. The molecule has 0 atom stereocenters. The van der Waals surface area contributed by atoms with Crippen LogP contribution in [0.3, 0.4) is 0 Å². The first-order valence-electron chi connectivity index (χ1n) is 9.97. The van der Waals surface area contributed by atoms with Crippen molar-refractivity contribution >= 4 is 28.2 Å². The number of anilines is 2. The Labute approximate surface area is 171 Å². The van der Waals surface area contributed by atoms with E-state index in [-0.39, 0.29) is 11.8 Å². The van der Waals surface area contributed by atoms with Crippen LogP contribution in [0.4, 0.5) is 11.4 Å². The van der Waals surface area contributed by atoms with Crippen molar-refractivity contribution in [3.63, 3.8) is 0 Å². The van der Waals surface area contributed by atoms with Gasteiger partial charge >= 0.3 is 0 Å². The number of fused-ring (bicyclic) bond motifs is 1. The number of rotatable bonds is 3. The Hall–Kier alpha value is -3.39. The molecule has 4 rings (SSSR count). The maximum absolute atomic E-state index is 12.8. The van der Waals surface area contributed by atoms with Crippen LogP contribution in [-0.2, 0) is 4.79 Å². The number of nitrogens with one attached hydrogen (secondary N) is 1. The van der Waals surface area contributed by atoms with Crippen molar-refractivity contribution < 1.29 is 4.79 Å². The molecule has 2 aromatic carbocycles. The van der Waals surface area contributed by atoms with E-state index in [1.807, 2.05) is 50.2 Å². The Morgan fingerprint density at radius 2 is 1.93 bits per heavy atom. The number of benzene rings is 2. The van der Waals surface area contributed by atoms with Gasteiger partial charge in [0.05, 0.1) is 16.8 Å². The zero-order chi connectivity index (χ0) is 20.4. The average Bonchev–Trinajstić information content (AvgIpc) is 2.75. The molecule has 146 valence electrons. The van der Waals surface area contributed by atoms with Crippen molar-refractivity contribution in [2.75, 3.05) is 23.3 Å². The van der Waals surface area contributed by atoms with Crippen molar-refractivity contribution in [1.82, 2.24) is 4.98 Å². The lowest BCUT2D eigenvalue weighted by Crippen LogP contribution is -2.38. The topological polar surface area (TPSA) is 69.0 Å². The lowest BCUT2D eigenvalue weighted by molar-refractivity contribution is -0.120. The SMILES string of the molecule is Cc1ccc(NC(=O)C2CCN(c3c(C#N)cnc4ccccc34)CC2)c(C)c1. The van der Waals surface area contributed by atoms with Crippen LogP contribution in [0.1, 0.15) is 29.5 Å². The van der Waals surface area contributed by atoms with Gasteiger partial charge in [0.1, 0.15) is 6.07 Å². The highest BCUT2D eigenvalue weighted by atomic mass is 16.1. The van der Waals surface area contributed by atoms with Gasteiger partial charge in [-0.15, -0.1) is 0 Å². The van der Waals surface area contributed by atoms with Gasteiger partial charge in [-0.05, 0) is 44.4 Å². The first-order chi connectivity index (χ1) is 14.1. The second-order valence-electron chi connectivity index (χ2n) is 7.72. The smallest absolute Gasteiger partial charge is 0.227 e. The molecular weight excluding hydrogens is 360 g/mol. The summed E-state index contributed by atoms with van der Waals surface area (Å²) in [5, 5.41) is 13.7. The number of nitrogens with zero attached hydrogens (tertiary/aromatic N) is 3. The summed E-state index contributed by atoms with van der Waals surface area (Å²) in [5.41, 5.74) is 5.56. The third-order valence-corrected chi connectivity index (χ3v) is 5.69. The Morgan fingerprint density at radius 1 is 1.17 bits per heavy atom. The number of carbonyl (C=O) groups excluding carboxylic acids is 1. The van der Waals surface area contributed by atoms with Crippen LogP contribution < -0.4 is 10.2 Å². The molecule has 0 bridgehead atoms. The van der Waals surface area contributed by atoms with Crippen LogP contribution in [0.2, 0.25) is 0 Å². The number of aryl methyl sites for hydroxylation is 2. The summed E-state index contributed by atoms with van der Waals surface area (Å²) in [7, 11) is 0. The van der Waals surface area contributed by atoms with Crippen molar-refractivity contribution in [3.05, 3.63) is 65.4 Å². The molecule has 0 aliphatic carbocycles. The minimum Gasteiger partial charge on any atom is -0.370 e. The molecule has 5 heteroatoms. The van der Waals surface area contributed by atoms with E-state index in [2.05, 4.69) is 27.3 Å². The Morgan fingerprint density at radius 3 is 2.66 bits per heavy atom. The highest BCUT2D eigenvalue weighted by Crippen LogP contribution is 2.32. The number of piperidine rings is 1. The van der Waals surface area contributed by atoms with E-state index < -0.39 is 0 Å². The van der Waals surface area contributed by atoms with Gasteiger partial charge in [0.25, 0.3) is 0 Å². The highest BCUT2D eigenvalue weighted by Gasteiger charge is 2.27. The van der Waals surface area contributed by atoms with Gasteiger partial charge < -0.3 is 10.2 Å². The number of nitriles is 1. The van der Waals surface area contributed by atoms with Gasteiger partial charge in [-0.1, -0.05) is 35.9 Å². The van der Waals surface area contributed by atoms with Gasteiger partial charge in [0, 0.05) is 36.3 Å². The summed E-state index contributed by atoms with van der Waals surface area (Å²) < 4.78 is 0. The number of para-hydroxylation sites is 1. The van der Waals surface area contributed by atoms with Crippen molar-refractivity contribution in [3.8, 4) is 6.07 Å². The Balaban J connectivity index is 1.49. The summed E-state index contributed by atoms with van der Waals surface area (Å²) in [5.74, 6) is 0.0577. The van der Waals surface area contributed by atoms with Gasteiger partial charge in [-0.2, -0.15) is 5.26 Å². The van der Waals surface area contributed by atoms with E-state index >= 15 is 0 Å². The van der Waals surface area contributed by atoms with Gasteiger partial charge in [-0.3, -0.25) is 9.78 Å². The van der Waals surface area contributed by atoms with E-state index in [1.54, 1.807) is 6.20 Å². The van der Waals surface area contributed by atoms with Gasteiger partial charge in [-0.25, -0.2) is 0 Å². The Kier molecular flexibility index (Phi) is 5.18. The summed E-state index contributed by atoms with van der Waals surface area (Å²) in [6.45, 7) is 5.55. The second kappa shape index (κ2) is 7.92. The normalized spacial score (nSPS) is 14.6. The first kappa shape index (κ1) is 18.9. The molecule has 2 heterocycles. The molecule has 3 aromatic rings. The number of aromatic nitrogens is 1. The van der Waals surface area contributed by atoms with Crippen LogP contribution in [0, 0.1) is 31.1 Å². The Bertz CT molecular complexity index is 1110. The van der Waals surface area contributed by atoms with E-state index in [4.69, 9.17) is 0 Å². The molecule has 0 spiro atoms. The molecule has 1 saturated heterocycles. The van der Waals surface area contributed by atoms with Gasteiger partial charge in [0.2, 0.25) is 5.91 Å². The predicted molar refractivity (Wildman–Crippen MR) is 116 cm³/mol. The van der Waals surface area contributed by atoms with E-state index in [0.29, 0.717) is 5.56 Å². The van der Waals surface area contributed by atoms with Crippen molar-refractivity contribution in [1.29, 1.82) is 5.26 Å². The molecule has 1 aliphatic heterocycles. The monoisotopic (exact) mass is 384 g/mol. The number of hydrogen-bond acceptors (Lipinski definition) is 4. The first-order valence-corrected chi connectivity index (χ1v) is 9.97. The number of pyridine rings is 1. The molecule has 29 heavy (non-hydrogen) atoms. The minimum atomic E-state index is -0.0226. The molecule has 1 N–H and O–H groups in total. The number of hydrogen-bond donors (Lipinski definition) is 1. The van der Waals surface area contributed by atoms with E-state index in [0.717, 1.165) is 53.8 Å². The second-order valence-corrected chi connectivity index (χ2v) is 7.72. The highest BCUT2D eigenvalue weighted by molar-refractivity contribution is 5.95. The molecule has 0 unspecified atom stereocenters. The van der Waals surface area contributed by atoms with Crippen LogP contribution in [0.25, 0.3) is 10.9 Å². The molecular formula is C24H24N4O. The fourth-order valence-corrected chi connectivity index (χ4v) is 4.10. The maximum Gasteiger partial charge on any atom is 0.227 e. The molecule has 1 amide bonds. The number of amides is 1. The minimum absolute atomic E-state index is 0.0226. The van der Waals surface area contributed by atoms with E-state index in [1.165, 1.54) is 5.56 Å². The fourth-order valence-electron chi connectivity index (χ4n) is 4.10. The maximum atomic E-state index is 12.8. The van der Waals surface area contributed by atoms with Crippen LogP contribution in [-0.4, -0.2) is 24.0 Å². The number of carbonyl (C=O) groups is 1. The van der Waals surface area contributed by atoms with Crippen LogP contribution >= 0.6 is 0 Å². The van der Waals surface area contributed by atoms with Gasteiger partial charge in [0.15, 0.2) is 0 Å². The van der Waals surface area contributed by atoms with Crippen molar-refractivity contribution in [2.45, 2.75) is 26.7 Å². The molecule has 0 radical (unpaired) electrons. The standard InChI is InChI=1S/C24H24N4O/c1-16-7-8-21(17(2)13-16)27-24(29)18-9-11-28(12-10-18)23-19(14-25)15-26-22-6-4-3-5-20(22)23/h3-8,13,15,18H,9-12H2,1-2H3,(H,27,29). The summed E-state index contributed by atoms with van der Waals surface area (Å²) >= 11 is 0. The average molecular weight is 384 g/mol. The summed E-state index contributed by atoms with van der Waals surface area (Å²) in [4.78, 5) is 19.4. The molecule has 1 aromatic heterocycles.